The maximum Gasteiger partial charge on any atom is 0.0702 e. The quantitative estimate of drug-likeness (QED) is 0.517. The number of hydrogen-bond donors (Lipinski definition) is 1. The van der Waals surface area contributed by atoms with Crippen LogP contribution in [0.5, 0.6) is 0 Å². The Hall–Kier alpha value is -3.84. The van der Waals surface area contributed by atoms with Crippen molar-refractivity contribution < 1.29 is 0 Å². The second-order valence-corrected chi connectivity index (χ2v) is 7.50. The summed E-state index contributed by atoms with van der Waals surface area (Å²) < 4.78 is 0. The maximum absolute atomic E-state index is 4.51. The van der Waals surface area contributed by atoms with Crippen molar-refractivity contribution in [3.63, 3.8) is 0 Å². The average molecular weight is 388 g/mol. The van der Waals surface area contributed by atoms with Gasteiger partial charge in [-0.25, -0.2) is 0 Å². The molecule has 30 heavy (non-hydrogen) atoms. The van der Waals surface area contributed by atoms with E-state index in [-0.39, 0.29) is 0 Å². The molecule has 2 aromatic carbocycles. The molecule has 0 saturated heterocycles. The van der Waals surface area contributed by atoms with Gasteiger partial charge in [-0.05, 0) is 45.6 Å². The van der Waals surface area contributed by atoms with E-state index >= 15 is 0 Å². The molecule has 0 fully saturated rings. The highest BCUT2D eigenvalue weighted by molar-refractivity contribution is 5.86. The molecule has 1 heterocycles. The molecule has 0 radical (unpaired) electrons. The molecule has 0 saturated carbocycles. The van der Waals surface area contributed by atoms with Gasteiger partial charge in [-0.1, -0.05) is 111 Å². The van der Waals surface area contributed by atoms with Gasteiger partial charge >= 0.3 is 0 Å². The molecule has 0 aromatic heterocycles. The van der Waals surface area contributed by atoms with Gasteiger partial charge in [-0.15, -0.1) is 0 Å². The first kappa shape index (κ1) is 19.5. The SMILES string of the molecule is C=C1/C=C\C=C/C(=C)C2(C(=C)/C=C\C=C/C(=C)N1)c1ccccc1-c1ccccc12. The number of benzene rings is 2. The van der Waals surface area contributed by atoms with E-state index in [0.717, 1.165) is 22.5 Å². The van der Waals surface area contributed by atoms with Gasteiger partial charge in [0.25, 0.3) is 0 Å². The van der Waals surface area contributed by atoms with Crippen molar-refractivity contribution in [2.45, 2.75) is 5.41 Å². The van der Waals surface area contributed by atoms with Gasteiger partial charge in [0, 0.05) is 11.4 Å². The van der Waals surface area contributed by atoms with Crippen molar-refractivity contribution in [2.24, 2.45) is 0 Å². The van der Waals surface area contributed by atoms with E-state index in [1.807, 2.05) is 36.5 Å². The number of fused-ring (bicyclic) bond motifs is 5. The Morgan fingerprint density at radius 2 is 0.933 bits per heavy atom. The summed E-state index contributed by atoms with van der Waals surface area (Å²) in [6.07, 6.45) is 15.9. The summed E-state index contributed by atoms with van der Waals surface area (Å²) in [6.45, 7) is 17.1. The Balaban J connectivity index is 1.95. The van der Waals surface area contributed by atoms with E-state index < -0.39 is 5.41 Å². The molecule has 1 aliphatic carbocycles. The van der Waals surface area contributed by atoms with E-state index in [0.29, 0.717) is 0 Å². The molecule has 1 heteroatoms. The highest BCUT2D eigenvalue weighted by atomic mass is 14.9. The molecule has 0 unspecified atom stereocenters. The fourth-order valence-electron chi connectivity index (χ4n) is 4.36. The van der Waals surface area contributed by atoms with Crippen LogP contribution in [0, 0.1) is 0 Å². The summed E-state index contributed by atoms with van der Waals surface area (Å²) in [5, 5.41) is 3.16. The largest absolute Gasteiger partial charge is 0.356 e. The third-order valence-electron chi connectivity index (χ3n) is 5.65. The summed E-state index contributed by atoms with van der Waals surface area (Å²) in [5.74, 6) is 0. The minimum Gasteiger partial charge on any atom is -0.356 e. The lowest BCUT2D eigenvalue weighted by Crippen LogP contribution is -2.28. The van der Waals surface area contributed by atoms with Crippen molar-refractivity contribution in [1.29, 1.82) is 0 Å². The Bertz CT molecular complexity index is 1090. The van der Waals surface area contributed by atoms with Gasteiger partial charge < -0.3 is 5.32 Å². The van der Waals surface area contributed by atoms with Gasteiger partial charge in [-0.2, -0.15) is 0 Å². The summed E-state index contributed by atoms with van der Waals surface area (Å²) in [4.78, 5) is 0. The molecular weight excluding hydrogens is 362 g/mol. The molecular formula is C29H25N. The van der Waals surface area contributed by atoms with Crippen molar-refractivity contribution in [3.8, 4) is 11.1 Å². The number of allylic oxidation sites excluding steroid dienone is 10. The standard InChI is InChI=1S/C29H25N/c1-21-13-5-7-15-23(3)30-24(4)16-8-6-14-22(2)29(21)27-19-11-9-17-25(27)26-18-10-12-20-28(26)29/h5-20,30H,1-4H2/b13-5-,14-6-,15-7-,16-8-. The zero-order valence-corrected chi connectivity index (χ0v) is 17.1. The van der Waals surface area contributed by atoms with Crippen LogP contribution in [0.1, 0.15) is 11.1 Å². The Kier molecular flexibility index (Phi) is 5.12. The molecule has 1 nitrogen and oxygen atoms in total. The lowest BCUT2D eigenvalue weighted by atomic mass is 9.67. The Morgan fingerprint density at radius 1 is 0.533 bits per heavy atom. The molecule has 1 spiro atoms. The van der Waals surface area contributed by atoms with Crippen LogP contribution >= 0.6 is 0 Å². The molecule has 1 aliphatic heterocycles. The third kappa shape index (κ3) is 3.15. The molecule has 1 N–H and O–H groups in total. The molecule has 2 aliphatic rings. The van der Waals surface area contributed by atoms with Crippen LogP contribution in [0.25, 0.3) is 11.1 Å². The zero-order valence-electron chi connectivity index (χ0n) is 17.1. The molecule has 0 amide bonds. The molecule has 146 valence electrons. The zero-order chi connectivity index (χ0) is 21.1. The number of nitrogens with one attached hydrogen (secondary N) is 1. The predicted molar refractivity (Wildman–Crippen MR) is 129 cm³/mol. The summed E-state index contributed by atoms with van der Waals surface area (Å²) >= 11 is 0. The van der Waals surface area contributed by atoms with Gasteiger partial charge in [0.2, 0.25) is 0 Å². The Labute approximate surface area is 179 Å². The van der Waals surface area contributed by atoms with Crippen LogP contribution < -0.4 is 5.32 Å². The summed E-state index contributed by atoms with van der Waals surface area (Å²) in [6, 6.07) is 17.1. The predicted octanol–water partition coefficient (Wildman–Crippen LogP) is 6.92. The van der Waals surface area contributed by atoms with Gasteiger partial charge in [-0.3, -0.25) is 0 Å². The molecule has 0 atom stereocenters. The van der Waals surface area contributed by atoms with Crippen molar-refractivity contribution in [3.05, 3.63) is 157 Å². The van der Waals surface area contributed by atoms with Crippen molar-refractivity contribution >= 4 is 0 Å². The minimum atomic E-state index is -0.516. The van der Waals surface area contributed by atoms with E-state index in [1.165, 1.54) is 22.3 Å². The second kappa shape index (κ2) is 7.88. The van der Waals surface area contributed by atoms with Gasteiger partial charge in [0.15, 0.2) is 0 Å². The van der Waals surface area contributed by atoms with Crippen LogP contribution in [0.4, 0.5) is 0 Å². The Morgan fingerprint density at radius 3 is 1.40 bits per heavy atom. The molecule has 4 rings (SSSR count). The first-order valence-electron chi connectivity index (χ1n) is 9.97. The highest BCUT2D eigenvalue weighted by Gasteiger charge is 2.45. The van der Waals surface area contributed by atoms with E-state index in [2.05, 4.69) is 92.3 Å². The van der Waals surface area contributed by atoms with Crippen LogP contribution in [0.15, 0.2) is 146 Å². The fourth-order valence-corrected chi connectivity index (χ4v) is 4.36. The molecule has 0 bridgehead atoms. The van der Waals surface area contributed by atoms with Crippen LogP contribution in [0.2, 0.25) is 0 Å². The first-order valence-corrected chi connectivity index (χ1v) is 9.97. The van der Waals surface area contributed by atoms with Crippen LogP contribution in [-0.2, 0) is 5.41 Å². The van der Waals surface area contributed by atoms with E-state index in [4.69, 9.17) is 0 Å². The van der Waals surface area contributed by atoms with Gasteiger partial charge in [0.1, 0.15) is 0 Å². The topological polar surface area (TPSA) is 12.0 Å². The normalized spacial score (nSPS) is 21.9. The average Bonchev–Trinajstić information content (AvgIpc) is 3.05. The second-order valence-electron chi connectivity index (χ2n) is 7.50. The van der Waals surface area contributed by atoms with Gasteiger partial charge in [0.05, 0.1) is 5.41 Å². The van der Waals surface area contributed by atoms with E-state index in [9.17, 15) is 0 Å². The molecule has 2 aromatic rings. The summed E-state index contributed by atoms with van der Waals surface area (Å²) in [5.41, 5.74) is 7.88. The van der Waals surface area contributed by atoms with Crippen molar-refractivity contribution in [1.82, 2.24) is 5.32 Å². The third-order valence-corrected chi connectivity index (χ3v) is 5.65. The summed E-state index contributed by atoms with van der Waals surface area (Å²) in [7, 11) is 0. The lowest BCUT2D eigenvalue weighted by molar-refractivity contribution is 0.772. The van der Waals surface area contributed by atoms with Crippen molar-refractivity contribution in [2.75, 3.05) is 0 Å². The highest BCUT2D eigenvalue weighted by Crippen LogP contribution is 2.56. The fraction of sp³-hybridized carbons (Fsp3) is 0.0345. The number of rotatable bonds is 0. The lowest BCUT2D eigenvalue weighted by Gasteiger charge is -2.34. The smallest absolute Gasteiger partial charge is 0.0702 e. The number of hydrogen-bond acceptors (Lipinski definition) is 1. The first-order chi connectivity index (χ1) is 14.5. The van der Waals surface area contributed by atoms with E-state index in [1.54, 1.807) is 0 Å². The van der Waals surface area contributed by atoms with Crippen LogP contribution in [-0.4, -0.2) is 0 Å². The minimum absolute atomic E-state index is 0.516. The maximum atomic E-state index is 4.51. The van der Waals surface area contributed by atoms with Crippen LogP contribution in [0.3, 0.4) is 0 Å². The monoisotopic (exact) mass is 387 g/mol.